The molecule has 1 unspecified atom stereocenters. The fourth-order valence-electron chi connectivity index (χ4n) is 3.18. The van der Waals surface area contributed by atoms with Crippen molar-refractivity contribution in [2.75, 3.05) is 23.7 Å². The van der Waals surface area contributed by atoms with Gasteiger partial charge in [0.1, 0.15) is 12.6 Å². The number of hydrogen-bond acceptors (Lipinski definition) is 4. The van der Waals surface area contributed by atoms with Crippen molar-refractivity contribution in [2.24, 2.45) is 0 Å². The third-order valence-corrected chi connectivity index (χ3v) is 7.31. The molecule has 0 fully saturated rings. The van der Waals surface area contributed by atoms with Gasteiger partial charge in [-0.15, -0.1) is 0 Å². The zero-order valence-corrected chi connectivity index (χ0v) is 23.1. The van der Waals surface area contributed by atoms with Crippen molar-refractivity contribution >= 4 is 66.7 Å². The van der Waals surface area contributed by atoms with E-state index < -0.39 is 28.5 Å². The van der Waals surface area contributed by atoms with E-state index in [2.05, 4.69) is 21.2 Å². The topological polar surface area (TPSA) is 86.8 Å². The summed E-state index contributed by atoms with van der Waals surface area (Å²) >= 11 is 15.6. The molecule has 0 aliphatic heterocycles. The number of unbranched alkanes of at least 4 members (excludes halogenated alkanes) is 1. The van der Waals surface area contributed by atoms with Crippen LogP contribution in [-0.4, -0.2) is 50.5 Å². The van der Waals surface area contributed by atoms with E-state index in [1.54, 1.807) is 6.92 Å². The first-order valence-corrected chi connectivity index (χ1v) is 14.1. The summed E-state index contributed by atoms with van der Waals surface area (Å²) in [5.74, 6) is -0.855. The molecule has 186 valence electrons. The summed E-state index contributed by atoms with van der Waals surface area (Å²) in [4.78, 5) is 27.6. The molecule has 0 saturated carbocycles. The molecule has 34 heavy (non-hydrogen) atoms. The quantitative estimate of drug-likeness (QED) is 0.378. The number of amides is 2. The number of nitrogens with one attached hydrogen (secondary N) is 1. The second kappa shape index (κ2) is 12.8. The fraction of sp³-hybridized carbons (Fsp3) is 0.391. The van der Waals surface area contributed by atoms with Gasteiger partial charge in [-0.25, -0.2) is 8.42 Å². The highest BCUT2D eigenvalue weighted by Gasteiger charge is 2.30. The molecule has 0 heterocycles. The van der Waals surface area contributed by atoms with Gasteiger partial charge in [0.05, 0.1) is 17.0 Å². The normalized spacial score (nSPS) is 12.2. The third kappa shape index (κ3) is 8.15. The number of nitrogens with zero attached hydrogens (tertiary/aromatic N) is 2. The van der Waals surface area contributed by atoms with Crippen molar-refractivity contribution < 1.29 is 18.0 Å². The Morgan fingerprint density at radius 1 is 1.12 bits per heavy atom. The van der Waals surface area contributed by atoms with E-state index in [0.717, 1.165) is 33.4 Å². The number of halogens is 3. The monoisotopic (exact) mass is 591 g/mol. The van der Waals surface area contributed by atoms with E-state index in [4.69, 9.17) is 23.2 Å². The lowest BCUT2D eigenvalue weighted by Gasteiger charge is -2.31. The van der Waals surface area contributed by atoms with Crippen molar-refractivity contribution in [1.29, 1.82) is 0 Å². The Kier molecular flexibility index (Phi) is 10.7. The van der Waals surface area contributed by atoms with Crippen LogP contribution < -0.4 is 9.62 Å². The van der Waals surface area contributed by atoms with Gasteiger partial charge in [-0.1, -0.05) is 64.6 Å². The number of anilines is 1. The molecule has 0 spiro atoms. The van der Waals surface area contributed by atoms with Crippen molar-refractivity contribution in [1.82, 2.24) is 10.2 Å². The van der Waals surface area contributed by atoms with Crippen LogP contribution in [0.5, 0.6) is 0 Å². The molecule has 0 saturated heterocycles. The molecule has 0 aliphatic rings. The standard InChI is InChI=1S/C23H28BrCl2N3O4S/c1-4-5-12-27-23(31)16(2)28(14-17-6-8-18(24)9-7-17)22(30)15-29(34(3,32)33)21-11-10-19(25)13-20(21)26/h6-11,13,16H,4-5,12,14-15H2,1-3H3,(H,27,31). The van der Waals surface area contributed by atoms with Crippen LogP contribution >= 0.6 is 39.1 Å². The molecule has 1 atom stereocenters. The summed E-state index contributed by atoms with van der Waals surface area (Å²) in [6.07, 6.45) is 2.72. The van der Waals surface area contributed by atoms with Gasteiger partial charge in [0, 0.05) is 22.6 Å². The predicted molar refractivity (Wildman–Crippen MR) is 141 cm³/mol. The van der Waals surface area contributed by atoms with Crippen molar-refractivity contribution in [3.05, 3.63) is 62.5 Å². The number of benzene rings is 2. The Morgan fingerprint density at radius 2 is 1.76 bits per heavy atom. The summed E-state index contributed by atoms with van der Waals surface area (Å²) in [7, 11) is -3.87. The molecule has 2 aromatic carbocycles. The summed E-state index contributed by atoms with van der Waals surface area (Å²) in [6.45, 7) is 3.73. The van der Waals surface area contributed by atoms with Crippen LogP contribution in [0.4, 0.5) is 5.69 Å². The maximum absolute atomic E-state index is 13.5. The maximum Gasteiger partial charge on any atom is 0.244 e. The van der Waals surface area contributed by atoms with Crippen LogP contribution in [0.3, 0.4) is 0 Å². The number of hydrogen-bond donors (Lipinski definition) is 1. The largest absolute Gasteiger partial charge is 0.354 e. The van der Waals surface area contributed by atoms with Crippen LogP contribution in [0.1, 0.15) is 32.3 Å². The van der Waals surface area contributed by atoms with E-state index in [9.17, 15) is 18.0 Å². The average molecular weight is 593 g/mol. The molecule has 2 aromatic rings. The second-order valence-corrected chi connectivity index (χ2v) is 11.5. The minimum Gasteiger partial charge on any atom is -0.354 e. The summed E-state index contributed by atoms with van der Waals surface area (Å²) < 4.78 is 27.0. The summed E-state index contributed by atoms with van der Waals surface area (Å²) in [6, 6.07) is 10.8. The van der Waals surface area contributed by atoms with Crippen LogP contribution in [0.2, 0.25) is 10.0 Å². The van der Waals surface area contributed by atoms with E-state index in [-0.39, 0.29) is 23.2 Å². The number of sulfonamides is 1. The predicted octanol–water partition coefficient (Wildman–Crippen LogP) is 4.86. The van der Waals surface area contributed by atoms with Gasteiger partial charge in [-0.05, 0) is 49.2 Å². The highest BCUT2D eigenvalue weighted by Crippen LogP contribution is 2.30. The van der Waals surface area contributed by atoms with Gasteiger partial charge >= 0.3 is 0 Å². The SMILES string of the molecule is CCCCNC(=O)C(C)N(Cc1ccc(Br)cc1)C(=O)CN(c1ccc(Cl)cc1Cl)S(C)(=O)=O. The summed E-state index contributed by atoms with van der Waals surface area (Å²) in [5.41, 5.74) is 0.922. The van der Waals surface area contributed by atoms with Crippen molar-refractivity contribution in [2.45, 2.75) is 39.3 Å². The van der Waals surface area contributed by atoms with Crippen LogP contribution in [0.25, 0.3) is 0 Å². The highest BCUT2D eigenvalue weighted by molar-refractivity contribution is 9.10. The minimum atomic E-state index is -3.87. The van der Waals surface area contributed by atoms with Gasteiger partial charge in [0.25, 0.3) is 0 Å². The Labute approximate surface area is 219 Å². The highest BCUT2D eigenvalue weighted by atomic mass is 79.9. The summed E-state index contributed by atoms with van der Waals surface area (Å²) in [5, 5.41) is 3.27. The van der Waals surface area contributed by atoms with Crippen LogP contribution in [0, 0.1) is 0 Å². The van der Waals surface area contributed by atoms with E-state index in [1.807, 2.05) is 31.2 Å². The third-order valence-electron chi connectivity index (χ3n) is 5.12. The van der Waals surface area contributed by atoms with E-state index in [0.29, 0.717) is 11.6 Å². The Hall–Kier alpha value is -1.81. The molecule has 0 bridgehead atoms. The average Bonchev–Trinajstić information content (AvgIpc) is 2.76. The number of carbonyl (C=O) groups excluding carboxylic acids is 2. The molecule has 1 N–H and O–H groups in total. The molecule has 7 nitrogen and oxygen atoms in total. The minimum absolute atomic E-state index is 0.0931. The molecule has 0 aliphatic carbocycles. The van der Waals surface area contributed by atoms with Gasteiger partial charge in [0.15, 0.2) is 0 Å². The molecular weight excluding hydrogens is 565 g/mol. The Morgan fingerprint density at radius 3 is 2.32 bits per heavy atom. The molecular formula is C23H28BrCl2N3O4S. The van der Waals surface area contributed by atoms with Crippen LogP contribution in [-0.2, 0) is 26.2 Å². The van der Waals surface area contributed by atoms with E-state index in [1.165, 1.54) is 23.1 Å². The second-order valence-electron chi connectivity index (χ2n) is 7.83. The van der Waals surface area contributed by atoms with Crippen LogP contribution in [0.15, 0.2) is 46.9 Å². The van der Waals surface area contributed by atoms with Gasteiger partial charge in [-0.3, -0.25) is 13.9 Å². The Balaban J connectivity index is 2.37. The maximum atomic E-state index is 13.5. The Bertz CT molecular complexity index is 1110. The first-order valence-electron chi connectivity index (χ1n) is 10.7. The first kappa shape index (κ1) is 28.4. The van der Waals surface area contributed by atoms with Gasteiger partial charge in [0.2, 0.25) is 21.8 Å². The first-order chi connectivity index (χ1) is 15.9. The zero-order valence-electron chi connectivity index (χ0n) is 19.2. The number of carbonyl (C=O) groups is 2. The smallest absolute Gasteiger partial charge is 0.244 e. The lowest BCUT2D eigenvalue weighted by Crippen LogP contribution is -2.51. The van der Waals surface area contributed by atoms with Gasteiger partial charge in [-0.2, -0.15) is 0 Å². The van der Waals surface area contributed by atoms with E-state index >= 15 is 0 Å². The number of rotatable bonds is 11. The molecule has 2 amide bonds. The molecule has 0 aromatic heterocycles. The zero-order chi connectivity index (χ0) is 25.5. The van der Waals surface area contributed by atoms with Crippen molar-refractivity contribution in [3.8, 4) is 0 Å². The lowest BCUT2D eigenvalue weighted by molar-refractivity contribution is -0.139. The fourth-order valence-corrected chi connectivity index (χ4v) is 4.87. The molecule has 0 radical (unpaired) electrons. The van der Waals surface area contributed by atoms with Gasteiger partial charge < -0.3 is 10.2 Å². The molecule has 11 heteroatoms. The molecule has 2 rings (SSSR count). The van der Waals surface area contributed by atoms with Crippen molar-refractivity contribution in [3.63, 3.8) is 0 Å². The lowest BCUT2D eigenvalue weighted by atomic mass is 10.1.